The summed E-state index contributed by atoms with van der Waals surface area (Å²) in [7, 11) is -4.17. The molecule has 4 aromatic rings. The summed E-state index contributed by atoms with van der Waals surface area (Å²) in [5.41, 5.74) is 2.79. The number of hydrogen-bond acceptors (Lipinski definition) is 4. The molecule has 4 rings (SSSR count). The molecule has 0 fully saturated rings. The Kier molecular flexibility index (Phi) is 12.7. The zero-order valence-electron chi connectivity index (χ0n) is 26.0. The SMILES string of the molecule is CCCCNC(=O)[C@H](Cc1ccccc1)N(Cc1ccc(Cl)cc1Cl)C(=O)CN(c1ccc(CC)cc1)S(=O)(=O)c1ccccc1. The predicted octanol–water partition coefficient (Wildman–Crippen LogP) is 7.31. The summed E-state index contributed by atoms with van der Waals surface area (Å²) in [4.78, 5) is 29.9. The van der Waals surface area contributed by atoms with Gasteiger partial charge in [0.25, 0.3) is 10.0 Å². The Labute approximate surface area is 282 Å². The smallest absolute Gasteiger partial charge is 0.264 e. The van der Waals surface area contributed by atoms with Gasteiger partial charge in [0.2, 0.25) is 11.8 Å². The number of nitrogens with one attached hydrogen (secondary N) is 1. The van der Waals surface area contributed by atoms with E-state index in [1.807, 2.05) is 56.3 Å². The lowest BCUT2D eigenvalue weighted by Crippen LogP contribution is -2.53. The molecule has 7 nitrogen and oxygen atoms in total. The third-order valence-electron chi connectivity index (χ3n) is 7.70. The topological polar surface area (TPSA) is 86.8 Å². The van der Waals surface area contributed by atoms with E-state index in [2.05, 4.69) is 5.32 Å². The standard InChI is InChI=1S/C36H39Cl2N3O4S/c1-3-5-22-39-36(43)34(23-28-12-8-6-9-13-28)40(25-29-18-19-30(37)24-33(29)38)35(42)26-41(31-20-16-27(4-2)17-21-31)46(44,45)32-14-10-7-11-15-32/h6-21,24,34H,3-5,22-23,25-26H2,1-2H3,(H,39,43)/t34-/m0/s1. The molecule has 242 valence electrons. The maximum Gasteiger partial charge on any atom is 0.264 e. The van der Waals surface area contributed by atoms with Gasteiger partial charge in [-0.15, -0.1) is 0 Å². The van der Waals surface area contributed by atoms with Gasteiger partial charge in [-0.1, -0.05) is 110 Å². The molecular formula is C36H39Cl2N3O4S. The largest absolute Gasteiger partial charge is 0.354 e. The average molecular weight is 681 g/mol. The second kappa shape index (κ2) is 16.6. The van der Waals surface area contributed by atoms with Crippen LogP contribution in [0, 0.1) is 0 Å². The number of unbranched alkanes of at least 4 members (excludes halogenated alkanes) is 1. The van der Waals surface area contributed by atoms with Crippen LogP contribution in [0.1, 0.15) is 43.4 Å². The molecule has 0 radical (unpaired) electrons. The van der Waals surface area contributed by atoms with E-state index in [0.717, 1.165) is 34.7 Å². The van der Waals surface area contributed by atoms with Crippen molar-refractivity contribution >= 4 is 50.7 Å². The highest BCUT2D eigenvalue weighted by Gasteiger charge is 2.34. The maximum atomic E-state index is 14.5. The number of carbonyl (C=O) groups is 2. The van der Waals surface area contributed by atoms with Crippen LogP contribution in [0.3, 0.4) is 0 Å². The summed E-state index contributed by atoms with van der Waals surface area (Å²) in [6.07, 6.45) is 2.65. The van der Waals surface area contributed by atoms with Gasteiger partial charge >= 0.3 is 0 Å². The van der Waals surface area contributed by atoms with Crippen molar-refractivity contribution in [1.29, 1.82) is 0 Å². The number of sulfonamides is 1. The fraction of sp³-hybridized carbons (Fsp3) is 0.278. The average Bonchev–Trinajstić information content (AvgIpc) is 3.07. The van der Waals surface area contributed by atoms with Crippen molar-refractivity contribution in [3.8, 4) is 0 Å². The van der Waals surface area contributed by atoms with E-state index in [1.54, 1.807) is 48.5 Å². The number of halogens is 2. The van der Waals surface area contributed by atoms with E-state index < -0.39 is 28.5 Å². The van der Waals surface area contributed by atoms with Crippen LogP contribution in [0.2, 0.25) is 10.0 Å². The second-order valence-corrected chi connectivity index (χ2v) is 13.7. The van der Waals surface area contributed by atoms with Crippen LogP contribution >= 0.6 is 23.2 Å². The molecular weight excluding hydrogens is 641 g/mol. The highest BCUT2D eigenvalue weighted by Crippen LogP contribution is 2.27. The molecule has 0 heterocycles. The van der Waals surface area contributed by atoms with Crippen LogP contribution in [0.15, 0.2) is 108 Å². The molecule has 0 saturated carbocycles. The number of amides is 2. The molecule has 0 aliphatic rings. The number of rotatable bonds is 15. The predicted molar refractivity (Wildman–Crippen MR) is 186 cm³/mol. The third kappa shape index (κ3) is 9.12. The molecule has 10 heteroatoms. The monoisotopic (exact) mass is 679 g/mol. The highest BCUT2D eigenvalue weighted by molar-refractivity contribution is 7.92. The van der Waals surface area contributed by atoms with Crippen LogP contribution in [-0.2, 0) is 39.0 Å². The molecule has 0 aliphatic heterocycles. The van der Waals surface area contributed by atoms with Crippen LogP contribution in [-0.4, -0.2) is 44.3 Å². The number of carbonyl (C=O) groups excluding carboxylic acids is 2. The van der Waals surface area contributed by atoms with Crippen molar-refractivity contribution in [1.82, 2.24) is 10.2 Å². The van der Waals surface area contributed by atoms with Crippen LogP contribution < -0.4 is 9.62 Å². The van der Waals surface area contributed by atoms with E-state index in [4.69, 9.17) is 23.2 Å². The highest BCUT2D eigenvalue weighted by atomic mass is 35.5. The molecule has 0 bridgehead atoms. The normalized spacial score (nSPS) is 11.9. The lowest BCUT2D eigenvalue weighted by atomic mass is 10.0. The summed E-state index contributed by atoms with van der Waals surface area (Å²) in [6.45, 7) is 3.90. The quantitative estimate of drug-likeness (QED) is 0.134. The number of benzene rings is 4. The molecule has 2 amide bonds. The zero-order chi connectivity index (χ0) is 33.1. The zero-order valence-corrected chi connectivity index (χ0v) is 28.4. The van der Waals surface area contributed by atoms with Gasteiger partial charge in [-0.25, -0.2) is 8.42 Å². The fourth-order valence-electron chi connectivity index (χ4n) is 5.04. The van der Waals surface area contributed by atoms with Gasteiger partial charge in [0, 0.05) is 29.6 Å². The van der Waals surface area contributed by atoms with Crippen molar-refractivity contribution in [2.24, 2.45) is 0 Å². The van der Waals surface area contributed by atoms with Gasteiger partial charge in [0.1, 0.15) is 12.6 Å². The molecule has 0 saturated heterocycles. The van der Waals surface area contributed by atoms with Crippen molar-refractivity contribution in [3.63, 3.8) is 0 Å². The molecule has 0 aromatic heterocycles. The maximum absolute atomic E-state index is 14.5. The lowest BCUT2D eigenvalue weighted by Gasteiger charge is -2.34. The van der Waals surface area contributed by atoms with Gasteiger partial charge in [-0.2, -0.15) is 0 Å². The van der Waals surface area contributed by atoms with E-state index in [1.165, 1.54) is 17.0 Å². The first-order valence-corrected chi connectivity index (χ1v) is 17.5. The Morgan fingerprint density at radius 1 is 0.826 bits per heavy atom. The Hall–Kier alpha value is -3.85. The molecule has 46 heavy (non-hydrogen) atoms. The molecule has 0 aliphatic carbocycles. The van der Waals surface area contributed by atoms with Gasteiger partial charge < -0.3 is 10.2 Å². The Balaban J connectivity index is 1.80. The summed E-state index contributed by atoms with van der Waals surface area (Å²) in [5, 5.41) is 3.75. The van der Waals surface area contributed by atoms with Crippen molar-refractivity contribution in [2.45, 2.75) is 57.0 Å². The van der Waals surface area contributed by atoms with Gasteiger partial charge in [0.05, 0.1) is 10.6 Å². The number of hydrogen-bond donors (Lipinski definition) is 1. The molecule has 4 aromatic carbocycles. The summed E-state index contributed by atoms with van der Waals surface area (Å²) in [5.74, 6) is -0.892. The van der Waals surface area contributed by atoms with Crippen molar-refractivity contribution in [3.05, 3.63) is 130 Å². The van der Waals surface area contributed by atoms with Crippen LogP contribution in [0.4, 0.5) is 5.69 Å². The minimum absolute atomic E-state index is 0.0401. The van der Waals surface area contributed by atoms with Crippen LogP contribution in [0.25, 0.3) is 0 Å². The van der Waals surface area contributed by atoms with Crippen LogP contribution in [0.5, 0.6) is 0 Å². The number of anilines is 1. The minimum atomic E-state index is -4.17. The Morgan fingerprint density at radius 3 is 2.09 bits per heavy atom. The summed E-state index contributed by atoms with van der Waals surface area (Å²) < 4.78 is 29.3. The fourth-order valence-corrected chi connectivity index (χ4v) is 6.94. The first kappa shape index (κ1) is 35.0. The first-order valence-electron chi connectivity index (χ1n) is 15.4. The van der Waals surface area contributed by atoms with Crippen molar-refractivity contribution < 1.29 is 18.0 Å². The Bertz CT molecular complexity index is 1700. The number of nitrogens with zero attached hydrogens (tertiary/aromatic N) is 2. The van der Waals surface area contributed by atoms with E-state index >= 15 is 0 Å². The minimum Gasteiger partial charge on any atom is -0.354 e. The molecule has 0 unspecified atom stereocenters. The molecule has 0 spiro atoms. The van der Waals surface area contributed by atoms with Crippen molar-refractivity contribution in [2.75, 3.05) is 17.4 Å². The molecule has 1 N–H and O–H groups in total. The second-order valence-electron chi connectivity index (χ2n) is 11.0. The number of aryl methyl sites for hydroxylation is 1. The lowest BCUT2D eigenvalue weighted by molar-refractivity contribution is -0.140. The van der Waals surface area contributed by atoms with Gasteiger partial charge in [-0.05, 0) is 65.9 Å². The van der Waals surface area contributed by atoms with Gasteiger partial charge in [-0.3, -0.25) is 13.9 Å². The summed E-state index contributed by atoms with van der Waals surface area (Å²) >= 11 is 12.8. The van der Waals surface area contributed by atoms with E-state index in [-0.39, 0.29) is 23.8 Å². The third-order valence-corrected chi connectivity index (χ3v) is 10.1. The van der Waals surface area contributed by atoms with E-state index in [9.17, 15) is 18.0 Å². The Morgan fingerprint density at radius 2 is 1.48 bits per heavy atom. The van der Waals surface area contributed by atoms with Gasteiger partial charge in [0.15, 0.2) is 0 Å². The molecule has 1 atom stereocenters. The van der Waals surface area contributed by atoms with E-state index in [0.29, 0.717) is 27.8 Å². The first-order chi connectivity index (χ1) is 22.1. The summed E-state index contributed by atoms with van der Waals surface area (Å²) in [6, 6.07) is 28.5.